The molecular formula is C15H29N3O. The van der Waals surface area contributed by atoms with E-state index in [9.17, 15) is 4.79 Å². The van der Waals surface area contributed by atoms with Gasteiger partial charge in [0.1, 0.15) is 0 Å². The molecule has 0 bridgehead atoms. The molecule has 2 aliphatic rings. The molecule has 0 saturated heterocycles. The largest absolute Gasteiger partial charge is 0.368 e. The first-order chi connectivity index (χ1) is 9.07. The molecule has 2 unspecified atom stereocenters. The molecule has 2 fully saturated rings. The zero-order valence-electron chi connectivity index (χ0n) is 12.5. The molecule has 2 aliphatic carbocycles. The summed E-state index contributed by atoms with van der Waals surface area (Å²) in [5.41, 5.74) is 5.17. The number of likely N-dealkylation sites (N-methyl/N-ethyl adjacent to an activating group) is 1. The maximum atomic E-state index is 11.8. The van der Waals surface area contributed by atoms with Crippen LogP contribution >= 0.6 is 0 Å². The summed E-state index contributed by atoms with van der Waals surface area (Å²) in [5, 5.41) is 3.33. The van der Waals surface area contributed by atoms with Crippen molar-refractivity contribution in [1.29, 1.82) is 0 Å². The zero-order chi connectivity index (χ0) is 13.9. The minimum atomic E-state index is -0.455. The lowest BCUT2D eigenvalue weighted by Crippen LogP contribution is -2.54. The van der Waals surface area contributed by atoms with Gasteiger partial charge in [0.25, 0.3) is 0 Å². The van der Waals surface area contributed by atoms with Gasteiger partial charge in [0, 0.05) is 12.6 Å². The highest BCUT2D eigenvalue weighted by Crippen LogP contribution is 2.34. The van der Waals surface area contributed by atoms with Gasteiger partial charge < -0.3 is 16.0 Å². The van der Waals surface area contributed by atoms with E-state index in [0.717, 1.165) is 31.7 Å². The SMILES string of the molecule is CCNC1(C(N)=O)CCC(N(C)CC2CCCC2)C1. The molecular weight excluding hydrogens is 238 g/mol. The van der Waals surface area contributed by atoms with E-state index in [1.165, 1.54) is 32.2 Å². The molecule has 2 atom stereocenters. The summed E-state index contributed by atoms with van der Waals surface area (Å²) in [6, 6.07) is 0.507. The number of hydrogen-bond donors (Lipinski definition) is 2. The highest BCUT2D eigenvalue weighted by Gasteiger charge is 2.44. The molecule has 2 saturated carbocycles. The van der Waals surface area contributed by atoms with Gasteiger partial charge in [0.15, 0.2) is 0 Å². The second kappa shape index (κ2) is 6.23. The summed E-state index contributed by atoms with van der Waals surface area (Å²) in [7, 11) is 2.21. The normalized spacial score (nSPS) is 32.3. The van der Waals surface area contributed by atoms with Crippen LogP contribution in [0.3, 0.4) is 0 Å². The summed E-state index contributed by atoms with van der Waals surface area (Å²) in [6.45, 7) is 4.04. The van der Waals surface area contributed by atoms with Gasteiger partial charge in [-0.25, -0.2) is 0 Å². The Morgan fingerprint density at radius 3 is 2.63 bits per heavy atom. The monoisotopic (exact) mass is 267 g/mol. The van der Waals surface area contributed by atoms with Crippen LogP contribution in [0.2, 0.25) is 0 Å². The Morgan fingerprint density at radius 2 is 2.05 bits per heavy atom. The molecule has 0 radical (unpaired) electrons. The summed E-state index contributed by atoms with van der Waals surface area (Å²) < 4.78 is 0. The first-order valence-corrected chi connectivity index (χ1v) is 7.82. The topological polar surface area (TPSA) is 58.4 Å². The molecule has 19 heavy (non-hydrogen) atoms. The van der Waals surface area contributed by atoms with Crippen molar-refractivity contribution in [2.45, 2.75) is 63.5 Å². The molecule has 110 valence electrons. The van der Waals surface area contributed by atoms with Crippen molar-refractivity contribution in [3.63, 3.8) is 0 Å². The average molecular weight is 267 g/mol. The molecule has 0 spiro atoms. The fourth-order valence-electron chi connectivity index (χ4n) is 3.95. The third kappa shape index (κ3) is 3.29. The number of amides is 1. The molecule has 0 aromatic heterocycles. The fourth-order valence-corrected chi connectivity index (χ4v) is 3.95. The third-order valence-electron chi connectivity index (χ3n) is 5.12. The van der Waals surface area contributed by atoms with Crippen LogP contribution in [-0.4, -0.2) is 42.5 Å². The van der Waals surface area contributed by atoms with E-state index in [0.29, 0.717) is 6.04 Å². The van der Waals surface area contributed by atoms with Crippen molar-refractivity contribution in [1.82, 2.24) is 10.2 Å². The Bertz CT molecular complexity index is 315. The number of rotatable bonds is 6. The predicted molar refractivity (Wildman–Crippen MR) is 77.8 cm³/mol. The molecule has 3 N–H and O–H groups in total. The maximum absolute atomic E-state index is 11.8. The Morgan fingerprint density at radius 1 is 1.37 bits per heavy atom. The average Bonchev–Trinajstić information content (AvgIpc) is 2.99. The zero-order valence-corrected chi connectivity index (χ0v) is 12.5. The highest BCUT2D eigenvalue weighted by atomic mass is 16.1. The minimum Gasteiger partial charge on any atom is -0.368 e. The summed E-state index contributed by atoms with van der Waals surface area (Å²) >= 11 is 0. The third-order valence-corrected chi connectivity index (χ3v) is 5.12. The Hall–Kier alpha value is -0.610. The van der Waals surface area contributed by atoms with Gasteiger partial charge >= 0.3 is 0 Å². The highest BCUT2D eigenvalue weighted by molar-refractivity contribution is 5.85. The molecule has 1 amide bonds. The van der Waals surface area contributed by atoms with Gasteiger partial charge in [-0.15, -0.1) is 0 Å². The minimum absolute atomic E-state index is 0.175. The summed E-state index contributed by atoms with van der Waals surface area (Å²) in [5.74, 6) is 0.693. The van der Waals surface area contributed by atoms with E-state index in [4.69, 9.17) is 5.73 Å². The number of nitrogens with one attached hydrogen (secondary N) is 1. The van der Waals surface area contributed by atoms with E-state index >= 15 is 0 Å². The van der Waals surface area contributed by atoms with Gasteiger partial charge in [-0.05, 0) is 51.6 Å². The van der Waals surface area contributed by atoms with E-state index in [-0.39, 0.29) is 5.91 Å². The van der Waals surface area contributed by atoms with E-state index in [2.05, 4.69) is 17.3 Å². The van der Waals surface area contributed by atoms with Gasteiger partial charge in [-0.1, -0.05) is 19.8 Å². The van der Waals surface area contributed by atoms with Crippen LogP contribution in [0, 0.1) is 5.92 Å². The maximum Gasteiger partial charge on any atom is 0.237 e. The smallest absolute Gasteiger partial charge is 0.237 e. The van der Waals surface area contributed by atoms with Crippen LogP contribution in [-0.2, 0) is 4.79 Å². The van der Waals surface area contributed by atoms with Crippen LogP contribution in [0.5, 0.6) is 0 Å². The van der Waals surface area contributed by atoms with Crippen LogP contribution < -0.4 is 11.1 Å². The lowest BCUT2D eigenvalue weighted by molar-refractivity contribution is -0.124. The van der Waals surface area contributed by atoms with Crippen molar-refractivity contribution >= 4 is 5.91 Å². The van der Waals surface area contributed by atoms with Crippen molar-refractivity contribution in [3.8, 4) is 0 Å². The second-order valence-electron chi connectivity index (χ2n) is 6.46. The van der Waals surface area contributed by atoms with Gasteiger partial charge in [0.2, 0.25) is 5.91 Å². The molecule has 0 heterocycles. The van der Waals surface area contributed by atoms with Crippen molar-refractivity contribution in [2.75, 3.05) is 20.1 Å². The van der Waals surface area contributed by atoms with Crippen LogP contribution in [0.1, 0.15) is 51.9 Å². The summed E-state index contributed by atoms with van der Waals surface area (Å²) in [6.07, 6.45) is 8.39. The van der Waals surface area contributed by atoms with Crippen LogP contribution in [0.25, 0.3) is 0 Å². The van der Waals surface area contributed by atoms with Gasteiger partial charge in [0.05, 0.1) is 5.54 Å². The Labute approximate surface area is 117 Å². The van der Waals surface area contributed by atoms with Crippen molar-refractivity contribution in [3.05, 3.63) is 0 Å². The van der Waals surface area contributed by atoms with E-state index < -0.39 is 5.54 Å². The summed E-state index contributed by atoms with van der Waals surface area (Å²) in [4.78, 5) is 14.2. The first kappa shape index (κ1) is 14.8. The number of primary amides is 1. The molecule has 4 heteroatoms. The molecule has 0 aromatic carbocycles. The molecule has 0 aliphatic heterocycles. The van der Waals surface area contributed by atoms with E-state index in [1.54, 1.807) is 0 Å². The second-order valence-corrected chi connectivity index (χ2v) is 6.46. The lowest BCUT2D eigenvalue weighted by Gasteiger charge is -2.30. The quantitative estimate of drug-likeness (QED) is 0.766. The van der Waals surface area contributed by atoms with Crippen molar-refractivity contribution < 1.29 is 4.79 Å². The molecule has 0 aromatic rings. The number of carbonyl (C=O) groups is 1. The predicted octanol–water partition coefficient (Wildman–Crippen LogP) is 1.49. The number of nitrogens with two attached hydrogens (primary N) is 1. The Balaban J connectivity index is 1.90. The van der Waals surface area contributed by atoms with Gasteiger partial charge in [-0.3, -0.25) is 4.79 Å². The Kier molecular flexibility index (Phi) is 4.85. The number of hydrogen-bond acceptors (Lipinski definition) is 3. The molecule has 4 nitrogen and oxygen atoms in total. The number of carbonyl (C=O) groups excluding carboxylic acids is 1. The first-order valence-electron chi connectivity index (χ1n) is 7.82. The lowest BCUT2D eigenvalue weighted by atomic mass is 9.96. The standard InChI is InChI=1S/C15H29N3O/c1-3-17-15(14(16)19)9-8-13(10-15)18(2)11-12-6-4-5-7-12/h12-13,17H,3-11H2,1-2H3,(H2,16,19). The number of nitrogens with zero attached hydrogens (tertiary/aromatic N) is 1. The molecule has 2 rings (SSSR count). The van der Waals surface area contributed by atoms with Gasteiger partial charge in [-0.2, -0.15) is 0 Å². The van der Waals surface area contributed by atoms with Crippen molar-refractivity contribution in [2.24, 2.45) is 11.7 Å². The van der Waals surface area contributed by atoms with Crippen LogP contribution in [0.15, 0.2) is 0 Å². The van der Waals surface area contributed by atoms with Crippen LogP contribution in [0.4, 0.5) is 0 Å². The van der Waals surface area contributed by atoms with E-state index in [1.807, 2.05) is 6.92 Å². The fraction of sp³-hybridized carbons (Fsp3) is 0.933.